The van der Waals surface area contributed by atoms with Crippen molar-refractivity contribution in [2.24, 2.45) is 0 Å². The monoisotopic (exact) mass is 251 g/mol. The number of nitrogens with zero attached hydrogens (tertiary/aromatic N) is 1. The van der Waals surface area contributed by atoms with Crippen LogP contribution >= 0.6 is 0 Å². The summed E-state index contributed by atoms with van der Waals surface area (Å²) in [5.41, 5.74) is 3.00. The number of Topliss-reactive ketones (excluding diaryl/α,β-unsaturated/α-hetero) is 1. The van der Waals surface area contributed by atoms with Crippen LogP contribution in [0.4, 0.5) is 0 Å². The molecule has 2 rings (SSSR count). The van der Waals surface area contributed by atoms with E-state index < -0.39 is 0 Å². The van der Waals surface area contributed by atoms with Crippen LogP contribution in [0.3, 0.4) is 0 Å². The van der Waals surface area contributed by atoms with Gasteiger partial charge >= 0.3 is 0 Å². The van der Waals surface area contributed by atoms with Crippen molar-refractivity contribution >= 4 is 5.78 Å². The Balaban J connectivity index is 2.51. The first-order chi connectivity index (χ1) is 9.15. The molecule has 0 heterocycles. The molecule has 94 valence electrons. The van der Waals surface area contributed by atoms with Crippen LogP contribution in [-0.2, 0) is 0 Å². The Morgan fingerprint density at radius 1 is 1.16 bits per heavy atom. The average Bonchev–Trinajstić information content (AvgIpc) is 2.46. The fraction of sp³-hybridized carbons (Fsp3) is 0.125. The van der Waals surface area contributed by atoms with Crippen LogP contribution in [0.25, 0.3) is 11.1 Å². The maximum atomic E-state index is 11.2. The lowest BCUT2D eigenvalue weighted by molar-refractivity contribution is 0.101. The van der Waals surface area contributed by atoms with Gasteiger partial charge in [0, 0.05) is 11.1 Å². The molecule has 2 aromatic carbocycles. The Morgan fingerprint density at radius 2 is 1.84 bits per heavy atom. The van der Waals surface area contributed by atoms with Gasteiger partial charge in [-0.15, -0.1) is 0 Å². The van der Waals surface area contributed by atoms with Gasteiger partial charge in [-0.3, -0.25) is 4.79 Å². The quantitative estimate of drug-likeness (QED) is 0.785. The standard InChI is InChI=1S/C16H13NO2/c1-11(18)13-4-6-14(7-5-13)15-9-12(10-17)3-8-16(15)19-2/h3-9H,1-2H3. The summed E-state index contributed by atoms with van der Waals surface area (Å²) in [7, 11) is 1.59. The number of nitriles is 1. The van der Waals surface area contributed by atoms with Crippen LogP contribution in [0.1, 0.15) is 22.8 Å². The molecule has 0 aliphatic heterocycles. The van der Waals surface area contributed by atoms with Crippen LogP contribution in [0.15, 0.2) is 42.5 Å². The molecule has 2 aromatic rings. The van der Waals surface area contributed by atoms with E-state index in [0.717, 1.165) is 11.1 Å². The minimum atomic E-state index is 0.0318. The highest BCUT2D eigenvalue weighted by atomic mass is 16.5. The number of carbonyl (C=O) groups excluding carboxylic acids is 1. The van der Waals surface area contributed by atoms with Crippen molar-refractivity contribution in [2.45, 2.75) is 6.92 Å². The zero-order valence-corrected chi connectivity index (χ0v) is 10.8. The summed E-state index contributed by atoms with van der Waals surface area (Å²) in [6.07, 6.45) is 0. The summed E-state index contributed by atoms with van der Waals surface area (Å²) in [5, 5.41) is 8.95. The van der Waals surface area contributed by atoms with E-state index >= 15 is 0 Å². The van der Waals surface area contributed by atoms with Gasteiger partial charge < -0.3 is 4.74 Å². The van der Waals surface area contributed by atoms with E-state index in [1.807, 2.05) is 12.1 Å². The van der Waals surface area contributed by atoms with Crippen LogP contribution < -0.4 is 4.74 Å². The smallest absolute Gasteiger partial charge is 0.159 e. The number of ketones is 1. The number of benzene rings is 2. The lowest BCUT2D eigenvalue weighted by Crippen LogP contribution is -1.92. The second-order valence-corrected chi connectivity index (χ2v) is 4.16. The van der Waals surface area contributed by atoms with Crippen molar-refractivity contribution in [3.63, 3.8) is 0 Å². The van der Waals surface area contributed by atoms with Gasteiger partial charge in [0.05, 0.1) is 18.7 Å². The van der Waals surface area contributed by atoms with Gasteiger partial charge in [0.25, 0.3) is 0 Å². The number of carbonyl (C=O) groups is 1. The van der Waals surface area contributed by atoms with Crippen LogP contribution in [0, 0.1) is 11.3 Å². The predicted octanol–water partition coefficient (Wildman–Crippen LogP) is 3.44. The third-order valence-electron chi connectivity index (χ3n) is 2.93. The largest absolute Gasteiger partial charge is 0.496 e. The van der Waals surface area contributed by atoms with Crippen molar-refractivity contribution in [3.05, 3.63) is 53.6 Å². The van der Waals surface area contributed by atoms with Gasteiger partial charge in [0.15, 0.2) is 5.78 Å². The molecule has 0 N–H and O–H groups in total. The lowest BCUT2D eigenvalue weighted by Gasteiger charge is -2.09. The summed E-state index contributed by atoms with van der Waals surface area (Å²) in [6.45, 7) is 1.53. The molecular weight excluding hydrogens is 238 g/mol. The average molecular weight is 251 g/mol. The first-order valence-electron chi connectivity index (χ1n) is 5.85. The molecule has 0 fully saturated rings. The molecule has 0 amide bonds. The zero-order chi connectivity index (χ0) is 13.8. The van der Waals surface area contributed by atoms with Gasteiger partial charge in [-0.1, -0.05) is 24.3 Å². The molecule has 3 heteroatoms. The fourth-order valence-corrected chi connectivity index (χ4v) is 1.89. The van der Waals surface area contributed by atoms with Gasteiger partial charge in [-0.05, 0) is 30.7 Å². The van der Waals surface area contributed by atoms with Crippen LogP contribution in [0.2, 0.25) is 0 Å². The summed E-state index contributed by atoms with van der Waals surface area (Å²) >= 11 is 0. The Morgan fingerprint density at radius 3 is 2.37 bits per heavy atom. The van der Waals surface area contributed by atoms with Crippen molar-refractivity contribution in [2.75, 3.05) is 7.11 Å². The van der Waals surface area contributed by atoms with E-state index in [0.29, 0.717) is 16.9 Å². The number of rotatable bonds is 3. The number of hydrogen-bond donors (Lipinski definition) is 0. The summed E-state index contributed by atoms with van der Waals surface area (Å²) in [6, 6.07) is 14.6. The van der Waals surface area contributed by atoms with E-state index in [-0.39, 0.29) is 5.78 Å². The second-order valence-electron chi connectivity index (χ2n) is 4.16. The lowest BCUT2D eigenvalue weighted by atomic mass is 10.00. The summed E-state index contributed by atoms with van der Waals surface area (Å²) < 4.78 is 5.30. The minimum Gasteiger partial charge on any atom is -0.496 e. The minimum absolute atomic E-state index is 0.0318. The van der Waals surface area contributed by atoms with E-state index in [4.69, 9.17) is 10.00 Å². The van der Waals surface area contributed by atoms with Crippen molar-refractivity contribution in [1.29, 1.82) is 5.26 Å². The molecule has 3 nitrogen and oxygen atoms in total. The highest BCUT2D eigenvalue weighted by molar-refractivity contribution is 5.94. The molecule has 0 bridgehead atoms. The Kier molecular flexibility index (Phi) is 3.63. The van der Waals surface area contributed by atoms with E-state index in [2.05, 4.69) is 6.07 Å². The maximum Gasteiger partial charge on any atom is 0.159 e. The van der Waals surface area contributed by atoms with Crippen molar-refractivity contribution < 1.29 is 9.53 Å². The SMILES string of the molecule is COc1ccc(C#N)cc1-c1ccc(C(C)=O)cc1. The van der Waals surface area contributed by atoms with E-state index in [1.165, 1.54) is 6.92 Å². The molecule has 0 atom stereocenters. The maximum absolute atomic E-state index is 11.2. The van der Waals surface area contributed by atoms with Gasteiger partial charge in [0.1, 0.15) is 5.75 Å². The third-order valence-corrected chi connectivity index (χ3v) is 2.93. The Bertz CT molecular complexity index is 651. The zero-order valence-electron chi connectivity index (χ0n) is 10.8. The molecular formula is C16H13NO2. The normalized spacial score (nSPS) is 9.74. The third kappa shape index (κ3) is 2.63. The molecule has 0 saturated heterocycles. The Hall–Kier alpha value is -2.60. The summed E-state index contributed by atoms with van der Waals surface area (Å²) in [5.74, 6) is 0.735. The molecule has 19 heavy (non-hydrogen) atoms. The summed E-state index contributed by atoms with van der Waals surface area (Å²) in [4.78, 5) is 11.2. The van der Waals surface area contributed by atoms with Gasteiger partial charge in [0.2, 0.25) is 0 Å². The van der Waals surface area contributed by atoms with Crippen LogP contribution in [0.5, 0.6) is 5.75 Å². The molecule has 0 saturated carbocycles. The molecule has 0 spiro atoms. The van der Waals surface area contributed by atoms with Gasteiger partial charge in [-0.25, -0.2) is 0 Å². The van der Waals surface area contributed by atoms with E-state index in [1.54, 1.807) is 37.4 Å². The highest BCUT2D eigenvalue weighted by Crippen LogP contribution is 2.31. The molecule has 0 aliphatic carbocycles. The predicted molar refractivity (Wildman–Crippen MR) is 73.1 cm³/mol. The Labute approximate surface area is 112 Å². The first kappa shape index (κ1) is 12.8. The number of ether oxygens (including phenoxy) is 1. The van der Waals surface area contributed by atoms with Gasteiger partial charge in [-0.2, -0.15) is 5.26 Å². The van der Waals surface area contributed by atoms with Crippen molar-refractivity contribution in [3.8, 4) is 22.9 Å². The fourth-order valence-electron chi connectivity index (χ4n) is 1.89. The molecule has 0 aliphatic rings. The van der Waals surface area contributed by atoms with E-state index in [9.17, 15) is 4.79 Å². The molecule has 0 unspecified atom stereocenters. The second kappa shape index (κ2) is 5.36. The molecule has 0 radical (unpaired) electrons. The highest BCUT2D eigenvalue weighted by Gasteiger charge is 2.08. The number of hydrogen-bond acceptors (Lipinski definition) is 3. The molecule has 0 aromatic heterocycles. The van der Waals surface area contributed by atoms with Crippen molar-refractivity contribution in [1.82, 2.24) is 0 Å². The number of methoxy groups -OCH3 is 1. The van der Waals surface area contributed by atoms with Crippen LogP contribution in [-0.4, -0.2) is 12.9 Å². The first-order valence-corrected chi connectivity index (χ1v) is 5.85. The topological polar surface area (TPSA) is 50.1 Å².